The van der Waals surface area contributed by atoms with Crippen molar-refractivity contribution in [1.82, 2.24) is 19.7 Å². The maximum atomic E-state index is 13.9. The molecule has 8 nitrogen and oxygen atoms in total. The van der Waals surface area contributed by atoms with Crippen LogP contribution in [0.3, 0.4) is 0 Å². The highest BCUT2D eigenvalue weighted by Gasteiger charge is 2.65. The molecular formula is C40H52N4O4. The molecular weight excluding hydrogens is 600 g/mol. The number of carbonyl (C=O) groups is 2. The monoisotopic (exact) mass is 652 g/mol. The number of rotatable bonds is 3. The van der Waals surface area contributed by atoms with E-state index in [1.165, 1.54) is 6.42 Å². The zero-order valence-electron chi connectivity index (χ0n) is 28.7. The standard InChI is InChI=1S/C40H52N4O4/c1-4-40(48)16-14-31-29-12-11-28-24-35(45)34(25-38(28,2)30(29)13-15-39(31,40)3)42-19-21-43(22-20-42)37(47)33-8-6-18-44(33)36(46)27-10-9-26-7-5-17-41-32(26)23-27/h1,5,7,9-10,17,23,28-31,33-35,45,48H,6,8,11-16,18-22,24-25H2,2-3H3/t28?,29-,30+,31+,33+,34+,35+,38+,39+,40+/m1/s1. The van der Waals surface area contributed by atoms with Crippen molar-refractivity contribution in [2.75, 3.05) is 32.7 Å². The Bertz CT molecular complexity index is 1630. The topological polar surface area (TPSA) is 97.2 Å². The molecule has 1 unspecified atom stereocenters. The second kappa shape index (κ2) is 11.8. The van der Waals surface area contributed by atoms with Gasteiger partial charge in [0.1, 0.15) is 11.6 Å². The van der Waals surface area contributed by atoms with E-state index in [9.17, 15) is 19.8 Å². The normalized spacial score (nSPS) is 41.4. The lowest BCUT2D eigenvalue weighted by Gasteiger charge is -2.63. The number of nitrogens with zero attached hydrogens (tertiary/aromatic N) is 4. The lowest BCUT2D eigenvalue weighted by Crippen LogP contribution is -2.63. The molecule has 0 radical (unpaired) electrons. The molecule has 4 saturated carbocycles. The Balaban J connectivity index is 0.925. The first-order valence-electron chi connectivity index (χ1n) is 18.6. The summed E-state index contributed by atoms with van der Waals surface area (Å²) in [4.78, 5) is 38.1. The molecule has 2 N–H and O–H groups in total. The van der Waals surface area contributed by atoms with Gasteiger partial charge in [0, 0.05) is 61.3 Å². The van der Waals surface area contributed by atoms with E-state index in [0.717, 1.165) is 68.9 Å². The molecule has 8 heteroatoms. The maximum absolute atomic E-state index is 13.9. The number of fused-ring (bicyclic) bond motifs is 6. The van der Waals surface area contributed by atoms with Crippen LogP contribution in [0.1, 0.15) is 88.4 Å². The van der Waals surface area contributed by atoms with Crippen molar-refractivity contribution in [2.24, 2.45) is 34.5 Å². The van der Waals surface area contributed by atoms with Crippen molar-refractivity contribution in [3.8, 4) is 12.3 Å². The minimum Gasteiger partial charge on any atom is -0.391 e. The number of terminal acetylenes is 1. The number of aliphatic hydroxyl groups excluding tert-OH is 1. The third-order valence-corrected chi connectivity index (χ3v) is 14.8. The van der Waals surface area contributed by atoms with E-state index in [1.807, 2.05) is 35.2 Å². The Hall–Kier alpha value is -2.99. The van der Waals surface area contributed by atoms with Gasteiger partial charge in [-0.2, -0.15) is 0 Å². The lowest BCUT2D eigenvalue weighted by atomic mass is 9.44. The molecule has 2 amide bonds. The lowest BCUT2D eigenvalue weighted by molar-refractivity contribution is -0.163. The molecule has 48 heavy (non-hydrogen) atoms. The number of aromatic nitrogens is 1. The summed E-state index contributed by atoms with van der Waals surface area (Å²) >= 11 is 0. The van der Waals surface area contributed by atoms with Crippen LogP contribution in [0.4, 0.5) is 0 Å². The molecule has 4 aliphatic carbocycles. The van der Waals surface area contributed by atoms with E-state index in [-0.39, 0.29) is 34.8 Å². The molecule has 1 aromatic carbocycles. The molecule has 2 aliphatic heterocycles. The smallest absolute Gasteiger partial charge is 0.254 e. The predicted octanol–water partition coefficient (Wildman–Crippen LogP) is 4.73. The number of pyridine rings is 1. The van der Waals surface area contributed by atoms with Gasteiger partial charge in [-0.3, -0.25) is 19.5 Å². The zero-order chi connectivity index (χ0) is 33.4. The van der Waals surface area contributed by atoms with Gasteiger partial charge in [0.2, 0.25) is 5.91 Å². The van der Waals surface area contributed by atoms with Crippen molar-refractivity contribution < 1.29 is 19.8 Å². The molecule has 10 atom stereocenters. The minimum absolute atomic E-state index is 0.0551. The van der Waals surface area contributed by atoms with Gasteiger partial charge in [0.05, 0.1) is 11.6 Å². The van der Waals surface area contributed by atoms with E-state index in [0.29, 0.717) is 61.7 Å². The van der Waals surface area contributed by atoms with Crippen molar-refractivity contribution in [2.45, 2.75) is 102 Å². The molecule has 256 valence electrons. The van der Waals surface area contributed by atoms with Gasteiger partial charge >= 0.3 is 0 Å². The molecule has 6 fully saturated rings. The number of aliphatic hydroxyl groups is 2. The molecule has 2 aromatic rings. The van der Waals surface area contributed by atoms with Crippen LogP contribution in [0.25, 0.3) is 10.9 Å². The van der Waals surface area contributed by atoms with Crippen molar-refractivity contribution in [3.05, 3.63) is 42.1 Å². The fourth-order valence-corrected chi connectivity index (χ4v) is 12.0. The largest absolute Gasteiger partial charge is 0.391 e. The number of hydrogen-bond donors (Lipinski definition) is 2. The van der Waals surface area contributed by atoms with Crippen molar-refractivity contribution >= 4 is 22.7 Å². The van der Waals surface area contributed by atoms with Crippen LogP contribution in [0.2, 0.25) is 0 Å². The van der Waals surface area contributed by atoms with Crippen LogP contribution >= 0.6 is 0 Å². The maximum Gasteiger partial charge on any atom is 0.254 e. The first kappa shape index (κ1) is 32.2. The summed E-state index contributed by atoms with van der Waals surface area (Å²) in [7, 11) is 0. The first-order chi connectivity index (χ1) is 23.1. The van der Waals surface area contributed by atoms with Gasteiger partial charge in [-0.05, 0) is 111 Å². The highest BCUT2D eigenvalue weighted by molar-refractivity contribution is 6.00. The summed E-state index contributed by atoms with van der Waals surface area (Å²) in [6.07, 6.45) is 16.8. The van der Waals surface area contributed by atoms with Crippen LogP contribution in [0.15, 0.2) is 36.5 Å². The van der Waals surface area contributed by atoms with E-state index < -0.39 is 11.6 Å². The van der Waals surface area contributed by atoms with Gasteiger partial charge in [0.15, 0.2) is 0 Å². The second-order valence-corrected chi connectivity index (χ2v) is 16.7. The zero-order valence-corrected chi connectivity index (χ0v) is 28.7. The second-order valence-electron chi connectivity index (χ2n) is 16.7. The number of piperazine rings is 1. The summed E-state index contributed by atoms with van der Waals surface area (Å²) in [5, 5.41) is 24.0. The summed E-state index contributed by atoms with van der Waals surface area (Å²) in [6, 6.07) is 9.14. The van der Waals surface area contributed by atoms with E-state index in [2.05, 4.69) is 29.7 Å². The third-order valence-electron chi connectivity index (χ3n) is 14.8. The summed E-state index contributed by atoms with van der Waals surface area (Å²) in [6.45, 7) is 8.09. The Morgan fingerprint density at radius 2 is 1.77 bits per heavy atom. The number of amides is 2. The van der Waals surface area contributed by atoms with Crippen molar-refractivity contribution in [3.63, 3.8) is 0 Å². The van der Waals surface area contributed by atoms with Gasteiger partial charge in [0.25, 0.3) is 5.91 Å². The highest BCUT2D eigenvalue weighted by Crippen LogP contribution is 2.68. The molecule has 0 bridgehead atoms. The first-order valence-corrected chi connectivity index (χ1v) is 18.6. The Labute approximate surface area is 285 Å². The Morgan fingerprint density at radius 3 is 2.56 bits per heavy atom. The average Bonchev–Trinajstić information content (AvgIpc) is 3.70. The SMILES string of the molecule is C#C[C@]1(O)CC[C@H]2[C@@H]3CCC4C[C@H](O)[C@@H](N5CCN(C(=O)[C@@H]6CCCN6C(=O)c6ccc7cccnc7c6)CC5)C[C@]4(C)[C@H]3CC[C@@]21C. The fourth-order valence-electron chi connectivity index (χ4n) is 12.0. The van der Waals surface area contributed by atoms with Crippen LogP contribution in [0, 0.1) is 46.8 Å². The molecule has 2 saturated heterocycles. The molecule has 8 rings (SSSR count). The third kappa shape index (κ3) is 4.86. The van der Waals surface area contributed by atoms with Gasteiger partial charge < -0.3 is 20.0 Å². The Kier molecular flexibility index (Phi) is 7.93. The van der Waals surface area contributed by atoms with E-state index >= 15 is 0 Å². The number of carbonyl (C=O) groups excluding carboxylic acids is 2. The van der Waals surface area contributed by atoms with Crippen LogP contribution in [-0.4, -0.2) is 98.2 Å². The molecule has 6 aliphatic rings. The van der Waals surface area contributed by atoms with Gasteiger partial charge in [-0.1, -0.05) is 31.9 Å². The number of benzene rings is 1. The summed E-state index contributed by atoms with van der Waals surface area (Å²) in [5.41, 5.74) is 0.331. The van der Waals surface area contributed by atoms with Gasteiger partial charge in [-0.25, -0.2) is 0 Å². The molecule has 0 spiro atoms. The highest BCUT2D eigenvalue weighted by atomic mass is 16.3. The quantitative estimate of drug-likeness (QED) is 0.466. The molecule has 3 heterocycles. The average molecular weight is 653 g/mol. The summed E-state index contributed by atoms with van der Waals surface area (Å²) < 4.78 is 0. The van der Waals surface area contributed by atoms with E-state index in [4.69, 9.17) is 6.42 Å². The minimum atomic E-state index is -0.987. The fraction of sp³-hybridized carbons (Fsp3) is 0.675. The Morgan fingerprint density at radius 1 is 0.979 bits per heavy atom. The van der Waals surface area contributed by atoms with E-state index in [1.54, 1.807) is 11.1 Å². The van der Waals surface area contributed by atoms with Crippen LogP contribution < -0.4 is 0 Å². The van der Waals surface area contributed by atoms with Gasteiger partial charge in [-0.15, -0.1) is 6.42 Å². The van der Waals surface area contributed by atoms with Crippen molar-refractivity contribution in [1.29, 1.82) is 0 Å². The number of hydrogen-bond acceptors (Lipinski definition) is 6. The molecule has 1 aromatic heterocycles. The van der Waals surface area contributed by atoms with Crippen LogP contribution in [0.5, 0.6) is 0 Å². The predicted molar refractivity (Wildman–Crippen MR) is 185 cm³/mol. The van der Waals surface area contributed by atoms with Crippen LogP contribution in [-0.2, 0) is 4.79 Å². The summed E-state index contributed by atoms with van der Waals surface area (Å²) in [5.74, 6) is 4.94. The number of likely N-dealkylation sites (tertiary alicyclic amines) is 1.